The van der Waals surface area contributed by atoms with Crippen LogP contribution in [0.1, 0.15) is 25.3 Å². The summed E-state index contributed by atoms with van der Waals surface area (Å²) >= 11 is 1.50. The van der Waals surface area contributed by atoms with Crippen LogP contribution in [0.15, 0.2) is 55.0 Å². The zero-order valence-corrected chi connectivity index (χ0v) is 24.0. The molecule has 0 aromatic carbocycles. The van der Waals surface area contributed by atoms with Crippen molar-refractivity contribution in [3.63, 3.8) is 0 Å². The number of carbonyl (C=O) groups excluding carboxylic acids is 3. The van der Waals surface area contributed by atoms with Crippen LogP contribution in [-0.2, 0) is 25.6 Å². The molecule has 4 aromatic rings. The monoisotopic (exact) mass is 590 g/mol. The van der Waals surface area contributed by atoms with Gasteiger partial charge in [0.15, 0.2) is 6.61 Å². The lowest BCUT2D eigenvalue weighted by atomic mass is 10.2. The Morgan fingerprint density at radius 1 is 1.07 bits per heavy atom. The molecule has 0 saturated heterocycles. The number of methoxy groups -OCH3 is 1. The van der Waals surface area contributed by atoms with E-state index >= 15 is 0 Å². The minimum Gasteiger partial charge on any atom is -0.456 e. The highest BCUT2D eigenvalue weighted by molar-refractivity contribution is 7.22. The van der Waals surface area contributed by atoms with E-state index in [2.05, 4.69) is 25.6 Å². The van der Waals surface area contributed by atoms with Crippen molar-refractivity contribution in [2.24, 2.45) is 0 Å². The van der Waals surface area contributed by atoms with Crippen LogP contribution in [0.3, 0.4) is 0 Å². The van der Waals surface area contributed by atoms with Gasteiger partial charge in [-0.15, -0.1) is 11.3 Å². The third kappa shape index (κ3) is 7.77. The average molecular weight is 591 g/mol. The van der Waals surface area contributed by atoms with Gasteiger partial charge in [0.2, 0.25) is 0 Å². The standard InChI is InChI=1S/C29H30N6O6S/c1-18(36)40-17-27(37)35(11-12-39-2)16-19-3-7-22(31-14-19)25-13-23-28(42-25)24(9-10-30-23)41-21-6-8-26(32-15-21)34-29(38)33-20-4-5-20/h3,6-10,13-15,20H,4-5,11-12,16-17H2,1-2H3,(H2,32,33,34,38). The Hall–Kier alpha value is -4.62. The lowest BCUT2D eigenvalue weighted by Crippen LogP contribution is -2.36. The lowest BCUT2D eigenvalue weighted by molar-refractivity contribution is -0.150. The number of fused-ring (bicyclic) bond motifs is 1. The van der Waals surface area contributed by atoms with Gasteiger partial charge in [-0.2, -0.15) is 0 Å². The molecule has 4 heterocycles. The maximum atomic E-state index is 12.5. The van der Waals surface area contributed by atoms with Gasteiger partial charge in [0.1, 0.15) is 17.3 Å². The predicted molar refractivity (Wildman–Crippen MR) is 156 cm³/mol. The average Bonchev–Trinajstić information content (AvgIpc) is 3.68. The molecule has 1 saturated carbocycles. The molecule has 4 aromatic heterocycles. The molecular weight excluding hydrogens is 560 g/mol. The Bertz CT molecular complexity index is 1560. The van der Waals surface area contributed by atoms with Crippen LogP contribution in [0, 0.1) is 0 Å². The van der Waals surface area contributed by atoms with Crippen molar-refractivity contribution in [3.8, 4) is 22.1 Å². The minimum atomic E-state index is -0.510. The van der Waals surface area contributed by atoms with Crippen LogP contribution in [0.25, 0.3) is 20.8 Å². The summed E-state index contributed by atoms with van der Waals surface area (Å²) in [6.45, 7) is 1.95. The molecule has 0 atom stereocenters. The molecule has 1 aliphatic carbocycles. The third-order valence-electron chi connectivity index (χ3n) is 6.26. The van der Waals surface area contributed by atoms with Gasteiger partial charge in [0.25, 0.3) is 5.91 Å². The first kappa shape index (κ1) is 28.9. The Morgan fingerprint density at radius 3 is 2.62 bits per heavy atom. The number of thiophene rings is 1. The Labute approximate surface area is 246 Å². The molecule has 5 rings (SSSR count). The molecule has 0 radical (unpaired) electrons. The van der Waals surface area contributed by atoms with Crippen molar-refractivity contribution in [1.29, 1.82) is 0 Å². The van der Waals surface area contributed by atoms with E-state index in [1.807, 2.05) is 18.2 Å². The number of aromatic nitrogens is 3. The van der Waals surface area contributed by atoms with Gasteiger partial charge >= 0.3 is 12.0 Å². The fraction of sp³-hybridized carbons (Fsp3) is 0.310. The number of pyridine rings is 3. The summed E-state index contributed by atoms with van der Waals surface area (Å²) in [5.41, 5.74) is 2.34. The number of rotatable bonds is 12. The molecule has 42 heavy (non-hydrogen) atoms. The number of nitrogens with zero attached hydrogens (tertiary/aromatic N) is 4. The highest BCUT2D eigenvalue weighted by atomic mass is 32.1. The number of hydrogen-bond donors (Lipinski definition) is 2. The van der Waals surface area contributed by atoms with Gasteiger partial charge in [-0.05, 0) is 42.7 Å². The number of urea groups is 1. The molecule has 218 valence electrons. The zero-order valence-electron chi connectivity index (χ0n) is 23.2. The van der Waals surface area contributed by atoms with Crippen LogP contribution in [-0.4, -0.2) is 70.7 Å². The maximum Gasteiger partial charge on any atom is 0.320 e. The summed E-state index contributed by atoms with van der Waals surface area (Å²) in [5, 5.41) is 5.58. The molecule has 12 nitrogen and oxygen atoms in total. The molecule has 3 amide bonds. The molecular formula is C29H30N6O6S. The van der Waals surface area contributed by atoms with Crippen molar-refractivity contribution in [2.45, 2.75) is 32.4 Å². The number of hydrogen-bond acceptors (Lipinski definition) is 10. The molecule has 13 heteroatoms. The summed E-state index contributed by atoms with van der Waals surface area (Å²) in [6, 6.07) is 11.0. The molecule has 2 N–H and O–H groups in total. The Balaban J connectivity index is 1.25. The number of amides is 3. The van der Waals surface area contributed by atoms with E-state index in [0.29, 0.717) is 37.0 Å². The summed E-state index contributed by atoms with van der Waals surface area (Å²) in [5.74, 6) is 0.763. The second-order valence-electron chi connectivity index (χ2n) is 9.63. The molecule has 0 bridgehead atoms. The Kier molecular flexibility index (Phi) is 9.19. The van der Waals surface area contributed by atoms with E-state index in [4.69, 9.17) is 14.2 Å². The van der Waals surface area contributed by atoms with Gasteiger partial charge in [0, 0.05) is 51.6 Å². The van der Waals surface area contributed by atoms with Gasteiger partial charge in [-0.1, -0.05) is 6.07 Å². The topological polar surface area (TPSA) is 145 Å². The van der Waals surface area contributed by atoms with Gasteiger partial charge < -0.3 is 24.4 Å². The van der Waals surface area contributed by atoms with Crippen molar-refractivity contribution in [3.05, 3.63) is 60.6 Å². The van der Waals surface area contributed by atoms with E-state index in [0.717, 1.165) is 39.2 Å². The molecule has 0 unspecified atom stereocenters. The second-order valence-corrected chi connectivity index (χ2v) is 10.7. The highest BCUT2D eigenvalue weighted by Gasteiger charge is 2.23. The fourth-order valence-corrected chi connectivity index (χ4v) is 5.00. The van der Waals surface area contributed by atoms with Crippen molar-refractivity contribution >= 4 is 45.3 Å². The first-order valence-electron chi connectivity index (χ1n) is 13.3. The zero-order chi connectivity index (χ0) is 29.5. The normalized spacial score (nSPS) is 12.5. The fourth-order valence-electron chi connectivity index (χ4n) is 3.96. The van der Waals surface area contributed by atoms with Crippen LogP contribution in [0.2, 0.25) is 0 Å². The SMILES string of the molecule is COCCN(Cc1ccc(-c2cc3nccc(Oc4ccc(NC(=O)NC5CC5)nc4)c3s2)nc1)C(=O)COC(C)=O. The lowest BCUT2D eigenvalue weighted by Gasteiger charge is -2.22. The number of ether oxygens (including phenoxy) is 3. The van der Waals surface area contributed by atoms with Gasteiger partial charge in [-0.25, -0.2) is 9.78 Å². The van der Waals surface area contributed by atoms with Crippen molar-refractivity contribution in [1.82, 2.24) is 25.2 Å². The smallest absolute Gasteiger partial charge is 0.320 e. The van der Waals surface area contributed by atoms with E-state index in [-0.39, 0.29) is 24.6 Å². The summed E-state index contributed by atoms with van der Waals surface area (Å²) in [7, 11) is 1.56. The van der Waals surface area contributed by atoms with Crippen LogP contribution in [0.5, 0.6) is 11.5 Å². The maximum absolute atomic E-state index is 12.5. The molecule has 1 fully saturated rings. The van der Waals surface area contributed by atoms with Crippen LogP contribution in [0.4, 0.5) is 10.6 Å². The summed E-state index contributed by atoms with van der Waals surface area (Å²) < 4.78 is 16.9. The first-order chi connectivity index (χ1) is 20.4. The quantitative estimate of drug-likeness (QED) is 0.230. The van der Waals surface area contributed by atoms with Gasteiger partial charge in [0.05, 0.1) is 33.6 Å². The number of esters is 1. The van der Waals surface area contributed by atoms with Crippen LogP contribution < -0.4 is 15.4 Å². The van der Waals surface area contributed by atoms with Gasteiger partial charge in [-0.3, -0.25) is 24.9 Å². The molecule has 0 spiro atoms. The summed E-state index contributed by atoms with van der Waals surface area (Å²) in [6.07, 6.45) is 6.97. The number of anilines is 1. The number of nitrogens with one attached hydrogen (secondary N) is 2. The van der Waals surface area contributed by atoms with E-state index in [9.17, 15) is 14.4 Å². The second kappa shape index (κ2) is 13.4. The number of carbonyl (C=O) groups is 3. The molecule has 1 aliphatic rings. The molecule has 0 aliphatic heterocycles. The van der Waals surface area contributed by atoms with Crippen molar-refractivity contribution in [2.75, 3.05) is 32.2 Å². The first-order valence-corrected chi connectivity index (χ1v) is 14.1. The largest absolute Gasteiger partial charge is 0.456 e. The minimum absolute atomic E-state index is 0.262. The van der Waals surface area contributed by atoms with E-state index in [1.165, 1.54) is 18.3 Å². The van der Waals surface area contributed by atoms with E-state index < -0.39 is 5.97 Å². The Morgan fingerprint density at radius 2 is 1.93 bits per heavy atom. The third-order valence-corrected chi connectivity index (χ3v) is 7.42. The summed E-state index contributed by atoms with van der Waals surface area (Å²) in [4.78, 5) is 51.4. The van der Waals surface area contributed by atoms with Crippen LogP contribution >= 0.6 is 11.3 Å². The van der Waals surface area contributed by atoms with Crippen molar-refractivity contribution < 1.29 is 28.6 Å². The van der Waals surface area contributed by atoms with E-state index in [1.54, 1.807) is 48.8 Å². The predicted octanol–water partition coefficient (Wildman–Crippen LogP) is 4.37. The highest BCUT2D eigenvalue weighted by Crippen LogP contribution is 2.38.